The molecule has 0 saturated heterocycles. The summed E-state index contributed by atoms with van der Waals surface area (Å²) in [6.45, 7) is 0.327. The van der Waals surface area contributed by atoms with Crippen LogP contribution >= 0.6 is 0 Å². The van der Waals surface area contributed by atoms with Crippen LogP contribution in [0.15, 0.2) is 24.3 Å². The fourth-order valence-electron chi connectivity index (χ4n) is 1.81. The van der Waals surface area contributed by atoms with Crippen molar-refractivity contribution < 1.29 is 10.2 Å². The fraction of sp³-hybridized carbons (Fsp3) is 0.571. The number of hydrogen-bond donors (Lipinski definition) is 2. The smallest absolute Gasteiger partial charge is 0.115 e. The molecule has 2 nitrogen and oxygen atoms in total. The second-order valence-electron chi connectivity index (χ2n) is 4.26. The van der Waals surface area contributed by atoms with E-state index in [1.807, 2.05) is 12.1 Å². The van der Waals surface area contributed by atoms with Crippen molar-refractivity contribution in [1.29, 1.82) is 0 Å². The molecule has 1 rings (SSSR count). The molecule has 0 fully saturated rings. The van der Waals surface area contributed by atoms with Crippen LogP contribution in [-0.4, -0.2) is 16.8 Å². The molecule has 0 atom stereocenters. The Labute approximate surface area is 97.9 Å². The summed E-state index contributed by atoms with van der Waals surface area (Å²) in [5, 5.41) is 17.7. The first kappa shape index (κ1) is 13.0. The third kappa shape index (κ3) is 5.76. The van der Waals surface area contributed by atoms with Crippen molar-refractivity contribution in [3.63, 3.8) is 0 Å². The summed E-state index contributed by atoms with van der Waals surface area (Å²) >= 11 is 0. The van der Waals surface area contributed by atoms with E-state index in [0.717, 1.165) is 19.3 Å². The van der Waals surface area contributed by atoms with Crippen molar-refractivity contribution in [2.24, 2.45) is 0 Å². The van der Waals surface area contributed by atoms with Gasteiger partial charge in [-0.25, -0.2) is 0 Å². The van der Waals surface area contributed by atoms with Crippen LogP contribution in [0.2, 0.25) is 0 Å². The van der Waals surface area contributed by atoms with Crippen molar-refractivity contribution in [3.05, 3.63) is 29.8 Å². The number of hydrogen-bond acceptors (Lipinski definition) is 2. The molecular formula is C14H22O2. The number of unbranched alkanes of at least 4 members (excludes halogenated alkanes) is 5. The molecule has 0 aliphatic carbocycles. The van der Waals surface area contributed by atoms with Crippen molar-refractivity contribution in [1.82, 2.24) is 0 Å². The lowest BCUT2D eigenvalue weighted by Crippen LogP contribution is -1.87. The average Bonchev–Trinajstić information content (AvgIpc) is 2.30. The molecule has 1 aromatic rings. The van der Waals surface area contributed by atoms with Gasteiger partial charge >= 0.3 is 0 Å². The Morgan fingerprint density at radius 2 is 1.31 bits per heavy atom. The highest BCUT2D eigenvalue weighted by Gasteiger charge is 1.94. The molecule has 0 aliphatic heterocycles. The molecule has 90 valence electrons. The highest BCUT2D eigenvalue weighted by atomic mass is 16.3. The van der Waals surface area contributed by atoms with Crippen LogP contribution in [-0.2, 0) is 6.42 Å². The highest BCUT2D eigenvalue weighted by Crippen LogP contribution is 2.13. The molecule has 16 heavy (non-hydrogen) atoms. The Hall–Kier alpha value is -1.02. The molecule has 0 saturated carbocycles. The van der Waals surface area contributed by atoms with E-state index in [1.54, 1.807) is 12.1 Å². The largest absolute Gasteiger partial charge is 0.508 e. The minimum absolute atomic E-state index is 0.327. The van der Waals surface area contributed by atoms with Gasteiger partial charge in [-0.05, 0) is 37.0 Å². The van der Waals surface area contributed by atoms with Gasteiger partial charge in [0.05, 0.1) is 0 Å². The molecule has 0 unspecified atom stereocenters. The predicted octanol–water partition coefficient (Wildman–Crippen LogP) is 3.27. The number of aliphatic hydroxyl groups is 1. The summed E-state index contributed by atoms with van der Waals surface area (Å²) in [6.07, 6.45) is 8.15. The zero-order chi connectivity index (χ0) is 11.6. The van der Waals surface area contributed by atoms with Gasteiger partial charge in [-0.1, -0.05) is 37.8 Å². The maximum absolute atomic E-state index is 9.13. The molecule has 2 heteroatoms. The minimum atomic E-state index is 0.327. The molecule has 2 N–H and O–H groups in total. The number of rotatable bonds is 8. The molecule has 0 radical (unpaired) electrons. The van der Waals surface area contributed by atoms with Crippen LogP contribution in [0, 0.1) is 0 Å². The predicted molar refractivity (Wildman–Crippen MR) is 66.6 cm³/mol. The topological polar surface area (TPSA) is 40.5 Å². The molecule has 0 spiro atoms. The fourth-order valence-corrected chi connectivity index (χ4v) is 1.81. The summed E-state index contributed by atoms with van der Waals surface area (Å²) in [5.74, 6) is 0.341. The Bertz CT molecular complexity index is 267. The van der Waals surface area contributed by atoms with E-state index in [4.69, 9.17) is 10.2 Å². The standard InChI is InChI=1S/C14H22O2/c15-12-6-4-2-1-3-5-7-13-8-10-14(16)11-9-13/h8-11,15-16H,1-7,12H2. The van der Waals surface area contributed by atoms with Gasteiger partial charge in [-0.3, -0.25) is 0 Å². The van der Waals surface area contributed by atoms with E-state index in [1.165, 1.54) is 31.2 Å². The summed E-state index contributed by atoms with van der Waals surface area (Å²) in [6, 6.07) is 7.47. The molecule has 0 aliphatic rings. The van der Waals surface area contributed by atoms with Crippen molar-refractivity contribution >= 4 is 0 Å². The number of phenols is 1. The Morgan fingerprint density at radius 1 is 0.750 bits per heavy atom. The van der Waals surface area contributed by atoms with Crippen LogP contribution in [0.5, 0.6) is 5.75 Å². The van der Waals surface area contributed by atoms with Gasteiger partial charge in [-0.15, -0.1) is 0 Å². The zero-order valence-corrected chi connectivity index (χ0v) is 9.86. The first-order valence-electron chi connectivity index (χ1n) is 6.21. The van der Waals surface area contributed by atoms with E-state index >= 15 is 0 Å². The summed E-state index contributed by atoms with van der Waals surface area (Å²) in [5.41, 5.74) is 1.30. The number of benzene rings is 1. The lowest BCUT2D eigenvalue weighted by molar-refractivity contribution is 0.282. The third-order valence-electron chi connectivity index (χ3n) is 2.81. The monoisotopic (exact) mass is 222 g/mol. The molecule has 1 aromatic carbocycles. The van der Waals surface area contributed by atoms with Gasteiger partial charge in [0.1, 0.15) is 5.75 Å². The van der Waals surface area contributed by atoms with Gasteiger partial charge < -0.3 is 10.2 Å². The van der Waals surface area contributed by atoms with Crippen LogP contribution in [0.4, 0.5) is 0 Å². The van der Waals surface area contributed by atoms with E-state index in [0.29, 0.717) is 12.4 Å². The van der Waals surface area contributed by atoms with Gasteiger partial charge in [-0.2, -0.15) is 0 Å². The van der Waals surface area contributed by atoms with E-state index in [2.05, 4.69) is 0 Å². The normalized spacial score (nSPS) is 10.6. The first-order chi connectivity index (χ1) is 7.83. The summed E-state index contributed by atoms with van der Waals surface area (Å²) < 4.78 is 0. The van der Waals surface area contributed by atoms with Gasteiger partial charge in [0.25, 0.3) is 0 Å². The lowest BCUT2D eigenvalue weighted by atomic mass is 10.0. The van der Waals surface area contributed by atoms with E-state index < -0.39 is 0 Å². The lowest BCUT2D eigenvalue weighted by Gasteiger charge is -2.02. The minimum Gasteiger partial charge on any atom is -0.508 e. The first-order valence-corrected chi connectivity index (χ1v) is 6.21. The van der Waals surface area contributed by atoms with Gasteiger partial charge in [0, 0.05) is 6.61 Å². The number of aliphatic hydroxyl groups excluding tert-OH is 1. The van der Waals surface area contributed by atoms with Gasteiger partial charge in [0.2, 0.25) is 0 Å². The third-order valence-corrected chi connectivity index (χ3v) is 2.81. The average molecular weight is 222 g/mol. The van der Waals surface area contributed by atoms with Gasteiger partial charge in [0.15, 0.2) is 0 Å². The summed E-state index contributed by atoms with van der Waals surface area (Å²) in [4.78, 5) is 0. The Balaban J connectivity index is 2.01. The molecular weight excluding hydrogens is 200 g/mol. The van der Waals surface area contributed by atoms with Crippen LogP contribution < -0.4 is 0 Å². The maximum Gasteiger partial charge on any atom is 0.115 e. The molecule has 0 amide bonds. The number of aromatic hydroxyl groups is 1. The second-order valence-corrected chi connectivity index (χ2v) is 4.26. The SMILES string of the molecule is OCCCCCCCCc1ccc(O)cc1. The van der Waals surface area contributed by atoms with Crippen molar-refractivity contribution in [2.45, 2.75) is 44.9 Å². The highest BCUT2D eigenvalue weighted by molar-refractivity contribution is 5.25. The van der Waals surface area contributed by atoms with Crippen molar-refractivity contribution in [2.75, 3.05) is 6.61 Å². The zero-order valence-electron chi connectivity index (χ0n) is 9.86. The Morgan fingerprint density at radius 3 is 1.94 bits per heavy atom. The molecule has 0 heterocycles. The second kappa shape index (κ2) is 8.17. The maximum atomic E-state index is 9.13. The molecule has 0 bridgehead atoms. The number of aryl methyl sites for hydroxylation is 1. The Kier molecular flexibility index (Phi) is 6.66. The van der Waals surface area contributed by atoms with E-state index in [-0.39, 0.29) is 0 Å². The summed E-state index contributed by atoms with van der Waals surface area (Å²) in [7, 11) is 0. The van der Waals surface area contributed by atoms with E-state index in [9.17, 15) is 0 Å². The van der Waals surface area contributed by atoms with Crippen LogP contribution in [0.25, 0.3) is 0 Å². The van der Waals surface area contributed by atoms with Crippen molar-refractivity contribution in [3.8, 4) is 5.75 Å². The van der Waals surface area contributed by atoms with Crippen LogP contribution in [0.1, 0.15) is 44.1 Å². The molecule has 0 aromatic heterocycles. The number of phenolic OH excluding ortho intramolecular Hbond substituents is 1. The van der Waals surface area contributed by atoms with Crippen LogP contribution in [0.3, 0.4) is 0 Å². The quantitative estimate of drug-likeness (QED) is 0.663.